The van der Waals surface area contributed by atoms with Crippen LogP contribution in [0.2, 0.25) is 0 Å². The number of nitrogens with one attached hydrogen (secondary N) is 1. The van der Waals surface area contributed by atoms with Crippen LogP contribution in [-0.4, -0.2) is 42.9 Å². The van der Waals surface area contributed by atoms with Crippen molar-refractivity contribution in [2.24, 2.45) is 7.05 Å². The number of pyridine rings is 1. The van der Waals surface area contributed by atoms with E-state index in [2.05, 4.69) is 44.6 Å². The van der Waals surface area contributed by atoms with Crippen molar-refractivity contribution in [1.29, 1.82) is 0 Å². The predicted octanol–water partition coefficient (Wildman–Crippen LogP) is 3.72. The second kappa shape index (κ2) is 8.80. The van der Waals surface area contributed by atoms with Crippen LogP contribution in [-0.2, 0) is 13.5 Å². The maximum atomic E-state index is 13.0. The number of aliphatic hydroxyl groups excluding tert-OH is 1. The minimum atomic E-state index is -0.495. The highest BCUT2D eigenvalue weighted by molar-refractivity contribution is 7.07. The van der Waals surface area contributed by atoms with Gasteiger partial charge in [0.1, 0.15) is 11.2 Å². The summed E-state index contributed by atoms with van der Waals surface area (Å²) in [6.07, 6.45) is 5.38. The molecule has 1 fully saturated rings. The fourth-order valence-corrected chi connectivity index (χ4v) is 4.98. The molecule has 5 rings (SSSR count). The van der Waals surface area contributed by atoms with Gasteiger partial charge >= 0.3 is 0 Å². The summed E-state index contributed by atoms with van der Waals surface area (Å²) in [6, 6.07) is 9.96. The second-order valence-corrected chi connectivity index (χ2v) is 9.07. The minimum absolute atomic E-state index is 0.218. The van der Waals surface area contributed by atoms with E-state index < -0.39 is 6.10 Å². The molecule has 32 heavy (non-hydrogen) atoms. The number of aryl methyl sites for hydroxylation is 1. The summed E-state index contributed by atoms with van der Waals surface area (Å²) in [5.74, 6) is -0.248. The lowest BCUT2D eigenvalue weighted by atomic mass is 9.92. The fourth-order valence-electron chi connectivity index (χ4n) is 4.42. The maximum absolute atomic E-state index is 13.0. The summed E-state index contributed by atoms with van der Waals surface area (Å²) in [4.78, 5) is 21.9. The van der Waals surface area contributed by atoms with Gasteiger partial charge in [0.05, 0.1) is 35.1 Å². The Morgan fingerprint density at radius 3 is 2.81 bits per heavy atom. The number of carbonyl (C=O) groups excluding carboxylic acids is 1. The van der Waals surface area contributed by atoms with E-state index in [4.69, 9.17) is 0 Å². The molecule has 1 aliphatic rings. The van der Waals surface area contributed by atoms with Gasteiger partial charge in [-0.15, -0.1) is 11.3 Å². The third kappa shape index (κ3) is 4.16. The summed E-state index contributed by atoms with van der Waals surface area (Å²) in [7, 11) is 1.89. The SMILES string of the molecule is Cn1ncc2nc(C(=O)N[C@H]3CCCC[C@@H]3O)cc(Cc3ccc(-c4cscn4)cc3)c21. The Morgan fingerprint density at radius 2 is 2.06 bits per heavy atom. The first kappa shape index (κ1) is 20.8. The maximum Gasteiger partial charge on any atom is 0.270 e. The number of thiazole rings is 1. The van der Waals surface area contributed by atoms with E-state index in [1.165, 1.54) is 0 Å². The Balaban J connectivity index is 1.43. The van der Waals surface area contributed by atoms with Crippen molar-refractivity contribution in [2.75, 3.05) is 0 Å². The lowest BCUT2D eigenvalue weighted by molar-refractivity contribution is 0.0714. The number of benzene rings is 1. The molecule has 164 valence electrons. The summed E-state index contributed by atoms with van der Waals surface area (Å²) in [5.41, 5.74) is 7.99. The van der Waals surface area contributed by atoms with E-state index >= 15 is 0 Å². The molecule has 1 aromatic carbocycles. The number of fused-ring (bicyclic) bond motifs is 1. The number of hydrogen-bond donors (Lipinski definition) is 2. The second-order valence-electron chi connectivity index (χ2n) is 8.35. The molecule has 2 atom stereocenters. The van der Waals surface area contributed by atoms with Crippen molar-refractivity contribution in [3.8, 4) is 11.3 Å². The molecule has 0 bridgehead atoms. The van der Waals surface area contributed by atoms with Crippen LogP contribution in [0.4, 0.5) is 0 Å². The van der Waals surface area contributed by atoms with Crippen LogP contribution in [0.1, 0.15) is 47.3 Å². The molecule has 0 unspecified atom stereocenters. The standard InChI is InChI=1S/C24H25N5O2S/c1-29-23-17(10-15-6-8-16(9-7-15)21-13-32-14-25-21)11-19(27-20(23)12-26-29)24(31)28-18-4-2-3-5-22(18)30/h6-9,11-14,18,22,30H,2-5,10H2,1H3,(H,28,31)/t18-,22-/m0/s1. The molecule has 3 heterocycles. The van der Waals surface area contributed by atoms with Crippen LogP contribution in [0, 0.1) is 0 Å². The molecule has 3 aromatic heterocycles. The topological polar surface area (TPSA) is 92.9 Å². The number of aromatic nitrogens is 4. The zero-order chi connectivity index (χ0) is 22.1. The number of carbonyl (C=O) groups is 1. The molecule has 0 aliphatic heterocycles. The minimum Gasteiger partial charge on any atom is -0.391 e. The Labute approximate surface area is 190 Å². The van der Waals surface area contributed by atoms with Gasteiger partial charge in [-0.25, -0.2) is 9.97 Å². The highest BCUT2D eigenvalue weighted by Gasteiger charge is 2.26. The van der Waals surface area contributed by atoms with E-state index in [1.807, 2.05) is 24.0 Å². The van der Waals surface area contributed by atoms with Crippen LogP contribution in [0.3, 0.4) is 0 Å². The Bertz CT molecular complexity index is 1230. The molecule has 1 amide bonds. The molecule has 8 heteroatoms. The number of amides is 1. The largest absolute Gasteiger partial charge is 0.391 e. The number of hydrogen-bond acceptors (Lipinski definition) is 6. The summed E-state index contributed by atoms with van der Waals surface area (Å²) < 4.78 is 1.80. The third-order valence-electron chi connectivity index (χ3n) is 6.13. The van der Waals surface area contributed by atoms with Gasteiger partial charge < -0.3 is 10.4 Å². The van der Waals surface area contributed by atoms with Crippen molar-refractivity contribution in [1.82, 2.24) is 25.1 Å². The van der Waals surface area contributed by atoms with Gasteiger partial charge in [0.15, 0.2) is 0 Å². The molecular weight excluding hydrogens is 422 g/mol. The number of nitrogens with zero attached hydrogens (tertiary/aromatic N) is 4. The lowest BCUT2D eigenvalue weighted by Crippen LogP contribution is -2.45. The molecular formula is C24H25N5O2S. The van der Waals surface area contributed by atoms with Crippen molar-refractivity contribution >= 4 is 28.3 Å². The van der Waals surface area contributed by atoms with Gasteiger partial charge in [0, 0.05) is 18.0 Å². The van der Waals surface area contributed by atoms with Crippen LogP contribution in [0.15, 0.2) is 47.4 Å². The molecule has 1 aliphatic carbocycles. The van der Waals surface area contributed by atoms with Crippen LogP contribution >= 0.6 is 11.3 Å². The van der Waals surface area contributed by atoms with Crippen LogP contribution in [0.25, 0.3) is 22.3 Å². The molecule has 0 radical (unpaired) electrons. The molecule has 7 nitrogen and oxygen atoms in total. The summed E-state index contributed by atoms with van der Waals surface area (Å²) in [6.45, 7) is 0. The van der Waals surface area contributed by atoms with Gasteiger partial charge in [-0.3, -0.25) is 9.48 Å². The van der Waals surface area contributed by atoms with Crippen LogP contribution in [0.5, 0.6) is 0 Å². The van der Waals surface area contributed by atoms with Crippen molar-refractivity contribution in [3.05, 3.63) is 64.2 Å². The van der Waals surface area contributed by atoms with E-state index in [1.54, 1.807) is 22.2 Å². The number of rotatable bonds is 5. The van der Waals surface area contributed by atoms with Gasteiger partial charge in [0.25, 0.3) is 5.91 Å². The fraction of sp³-hybridized carbons (Fsp3) is 0.333. The van der Waals surface area contributed by atoms with Gasteiger partial charge in [-0.2, -0.15) is 5.10 Å². The molecule has 4 aromatic rings. The van der Waals surface area contributed by atoms with Crippen molar-refractivity contribution in [3.63, 3.8) is 0 Å². The zero-order valence-electron chi connectivity index (χ0n) is 17.9. The lowest BCUT2D eigenvalue weighted by Gasteiger charge is -2.28. The van der Waals surface area contributed by atoms with Crippen molar-refractivity contribution in [2.45, 2.75) is 44.2 Å². The molecule has 0 saturated heterocycles. The molecule has 1 saturated carbocycles. The van der Waals surface area contributed by atoms with Gasteiger partial charge in [-0.05, 0) is 36.5 Å². The summed E-state index contributed by atoms with van der Waals surface area (Å²) >= 11 is 1.58. The zero-order valence-corrected chi connectivity index (χ0v) is 18.7. The highest BCUT2D eigenvalue weighted by Crippen LogP contribution is 2.24. The van der Waals surface area contributed by atoms with Crippen molar-refractivity contribution < 1.29 is 9.90 Å². The Kier molecular flexibility index (Phi) is 5.71. The predicted molar refractivity (Wildman–Crippen MR) is 125 cm³/mol. The Hall–Kier alpha value is -3.10. The first-order valence-electron chi connectivity index (χ1n) is 10.9. The van der Waals surface area contributed by atoms with E-state index in [9.17, 15) is 9.90 Å². The third-order valence-corrected chi connectivity index (χ3v) is 6.72. The smallest absolute Gasteiger partial charge is 0.270 e. The van der Waals surface area contributed by atoms with Gasteiger partial charge in [-0.1, -0.05) is 37.1 Å². The first-order valence-corrected chi connectivity index (χ1v) is 11.8. The van der Waals surface area contributed by atoms with E-state index in [-0.39, 0.29) is 11.9 Å². The Morgan fingerprint density at radius 1 is 1.25 bits per heavy atom. The highest BCUT2D eigenvalue weighted by atomic mass is 32.1. The monoisotopic (exact) mass is 447 g/mol. The van der Waals surface area contributed by atoms with Crippen LogP contribution < -0.4 is 5.32 Å². The molecule has 2 N–H and O–H groups in total. The average Bonchev–Trinajstić information content (AvgIpc) is 3.46. The van der Waals surface area contributed by atoms with E-state index in [0.717, 1.165) is 53.6 Å². The summed E-state index contributed by atoms with van der Waals surface area (Å²) in [5, 5.41) is 19.6. The normalized spacial score (nSPS) is 18.7. The quantitative estimate of drug-likeness (QED) is 0.486. The average molecular weight is 448 g/mol. The van der Waals surface area contributed by atoms with Gasteiger partial charge in [0.2, 0.25) is 0 Å². The molecule has 0 spiro atoms. The van der Waals surface area contributed by atoms with E-state index in [0.29, 0.717) is 17.6 Å². The number of aliphatic hydroxyl groups is 1. The first-order chi connectivity index (χ1) is 15.6.